The van der Waals surface area contributed by atoms with E-state index in [2.05, 4.69) is 46.8 Å². The van der Waals surface area contributed by atoms with Gasteiger partial charge in [0.1, 0.15) is 0 Å². The highest BCUT2D eigenvalue weighted by molar-refractivity contribution is 5.77. The van der Waals surface area contributed by atoms with Gasteiger partial charge < -0.3 is 9.80 Å². The van der Waals surface area contributed by atoms with Crippen LogP contribution in [0.5, 0.6) is 0 Å². The number of urea groups is 1. The summed E-state index contributed by atoms with van der Waals surface area (Å²) in [6.45, 7) is 11.3. The quantitative estimate of drug-likeness (QED) is 0.799. The third-order valence-corrected chi connectivity index (χ3v) is 4.25. The first kappa shape index (κ1) is 13.9. The lowest BCUT2D eigenvalue weighted by Gasteiger charge is -2.21. The highest BCUT2D eigenvalue weighted by atomic mass is 16.2. The maximum absolute atomic E-state index is 12.2. The van der Waals surface area contributed by atoms with Crippen molar-refractivity contribution in [2.75, 3.05) is 13.6 Å². The van der Waals surface area contributed by atoms with Crippen LogP contribution in [0, 0.1) is 20.8 Å². The molecule has 3 nitrogen and oxygen atoms in total. The van der Waals surface area contributed by atoms with Crippen LogP contribution < -0.4 is 0 Å². The second-order valence-electron chi connectivity index (χ2n) is 5.95. The van der Waals surface area contributed by atoms with Gasteiger partial charge in [-0.2, -0.15) is 0 Å². The summed E-state index contributed by atoms with van der Waals surface area (Å²) in [6.07, 6.45) is 0. The maximum Gasteiger partial charge on any atom is 0.320 e. The van der Waals surface area contributed by atoms with Crippen LogP contribution in [0.2, 0.25) is 0 Å². The molecule has 0 aliphatic carbocycles. The second-order valence-corrected chi connectivity index (χ2v) is 5.95. The number of carbonyl (C=O) groups is 1. The molecule has 1 aromatic rings. The molecule has 0 bridgehead atoms. The second kappa shape index (κ2) is 4.87. The zero-order valence-corrected chi connectivity index (χ0v) is 12.8. The molecule has 1 aromatic carbocycles. The number of amides is 2. The van der Waals surface area contributed by atoms with Gasteiger partial charge in [0.25, 0.3) is 0 Å². The Morgan fingerprint density at radius 3 is 2.21 bits per heavy atom. The standard InChI is InChI=1S/C16H24N2O/c1-10(2)18-9-15(17(6)16(18)19)14-8-12(4)11(3)7-13(14)5/h7-8,10,15H,9H2,1-6H3. The van der Waals surface area contributed by atoms with Gasteiger partial charge in [0.2, 0.25) is 0 Å². The molecule has 104 valence electrons. The van der Waals surface area contributed by atoms with Crippen LogP contribution in [0.25, 0.3) is 0 Å². The van der Waals surface area contributed by atoms with Crippen molar-refractivity contribution in [1.29, 1.82) is 0 Å². The lowest BCUT2D eigenvalue weighted by Crippen LogP contribution is -2.34. The summed E-state index contributed by atoms with van der Waals surface area (Å²) in [5, 5.41) is 0. The molecule has 0 spiro atoms. The number of hydrogen-bond acceptors (Lipinski definition) is 1. The first-order valence-electron chi connectivity index (χ1n) is 6.94. The molecule has 0 radical (unpaired) electrons. The molecule has 19 heavy (non-hydrogen) atoms. The first-order valence-corrected chi connectivity index (χ1v) is 6.94. The van der Waals surface area contributed by atoms with E-state index in [1.54, 1.807) is 0 Å². The Morgan fingerprint density at radius 1 is 1.11 bits per heavy atom. The van der Waals surface area contributed by atoms with Gasteiger partial charge in [0, 0.05) is 19.6 Å². The van der Waals surface area contributed by atoms with Crippen molar-refractivity contribution in [3.63, 3.8) is 0 Å². The predicted molar refractivity (Wildman–Crippen MR) is 78.4 cm³/mol. The minimum Gasteiger partial charge on any atom is -0.320 e. The average molecular weight is 260 g/mol. The van der Waals surface area contributed by atoms with E-state index in [0.29, 0.717) is 0 Å². The zero-order chi connectivity index (χ0) is 14.3. The van der Waals surface area contributed by atoms with Crippen LogP contribution in [0.15, 0.2) is 12.1 Å². The summed E-state index contributed by atoms with van der Waals surface area (Å²) >= 11 is 0. The highest BCUT2D eigenvalue weighted by Gasteiger charge is 2.37. The fourth-order valence-electron chi connectivity index (χ4n) is 2.80. The lowest BCUT2D eigenvalue weighted by molar-refractivity contribution is 0.187. The average Bonchev–Trinajstić information content (AvgIpc) is 2.62. The normalized spacial score (nSPS) is 19.7. The van der Waals surface area contributed by atoms with Gasteiger partial charge in [0.15, 0.2) is 0 Å². The molecular weight excluding hydrogens is 236 g/mol. The molecule has 1 aliphatic rings. The Kier molecular flexibility index (Phi) is 3.57. The van der Waals surface area contributed by atoms with Crippen LogP contribution in [0.1, 0.15) is 42.1 Å². The fraction of sp³-hybridized carbons (Fsp3) is 0.562. The largest absolute Gasteiger partial charge is 0.320 e. The smallest absolute Gasteiger partial charge is 0.320 e. The van der Waals surface area contributed by atoms with E-state index in [1.165, 1.54) is 22.3 Å². The van der Waals surface area contributed by atoms with Gasteiger partial charge in [0.05, 0.1) is 6.04 Å². The molecule has 1 saturated heterocycles. The van der Waals surface area contributed by atoms with Crippen LogP contribution in [0.3, 0.4) is 0 Å². The van der Waals surface area contributed by atoms with Crippen molar-refractivity contribution in [3.05, 3.63) is 34.4 Å². The zero-order valence-electron chi connectivity index (χ0n) is 12.8. The molecule has 1 unspecified atom stereocenters. The van der Waals surface area contributed by atoms with E-state index in [1.807, 2.05) is 16.8 Å². The molecule has 0 N–H and O–H groups in total. The fourth-order valence-corrected chi connectivity index (χ4v) is 2.80. The van der Waals surface area contributed by atoms with Crippen molar-refractivity contribution in [2.24, 2.45) is 0 Å². The molecule has 1 fully saturated rings. The molecule has 1 aliphatic heterocycles. The number of benzene rings is 1. The van der Waals surface area contributed by atoms with Gasteiger partial charge in [-0.05, 0) is 56.9 Å². The van der Waals surface area contributed by atoms with E-state index < -0.39 is 0 Å². The molecule has 2 amide bonds. The Morgan fingerprint density at radius 2 is 1.68 bits per heavy atom. The van der Waals surface area contributed by atoms with Gasteiger partial charge in [-0.15, -0.1) is 0 Å². The Labute approximate surface area is 116 Å². The van der Waals surface area contributed by atoms with Gasteiger partial charge in [-0.1, -0.05) is 12.1 Å². The van der Waals surface area contributed by atoms with E-state index in [-0.39, 0.29) is 18.1 Å². The van der Waals surface area contributed by atoms with Crippen molar-refractivity contribution in [1.82, 2.24) is 9.80 Å². The Bertz CT molecular complexity index is 508. The first-order chi connectivity index (χ1) is 8.82. The highest BCUT2D eigenvalue weighted by Crippen LogP contribution is 2.32. The molecule has 2 rings (SSSR count). The van der Waals surface area contributed by atoms with Crippen LogP contribution in [-0.4, -0.2) is 35.5 Å². The van der Waals surface area contributed by atoms with Crippen molar-refractivity contribution < 1.29 is 4.79 Å². The maximum atomic E-state index is 12.2. The number of aryl methyl sites for hydroxylation is 3. The third kappa shape index (κ3) is 2.34. The van der Waals surface area contributed by atoms with Gasteiger partial charge >= 0.3 is 6.03 Å². The lowest BCUT2D eigenvalue weighted by atomic mass is 9.95. The van der Waals surface area contributed by atoms with E-state index in [9.17, 15) is 4.79 Å². The Balaban J connectivity index is 2.38. The van der Waals surface area contributed by atoms with Gasteiger partial charge in [-0.25, -0.2) is 4.79 Å². The molecule has 3 heteroatoms. The predicted octanol–water partition coefficient (Wildman–Crippen LogP) is 3.43. The Hall–Kier alpha value is -1.51. The summed E-state index contributed by atoms with van der Waals surface area (Å²) in [4.78, 5) is 16.1. The van der Waals surface area contributed by atoms with Crippen LogP contribution in [-0.2, 0) is 0 Å². The summed E-state index contributed by atoms with van der Waals surface area (Å²) in [5.74, 6) is 0. The monoisotopic (exact) mass is 260 g/mol. The minimum atomic E-state index is 0.137. The van der Waals surface area contributed by atoms with E-state index in [4.69, 9.17) is 0 Å². The summed E-state index contributed by atoms with van der Waals surface area (Å²) in [7, 11) is 1.91. The van der Waals surface area contributed by atoms with E-state index >= 15 is 0 Å². The molecular formula is C16H24N2O. The number of carbonyl (C=O) groups excluding carboxylic acids is 1. The molecule has 1 heterocycles. The summed E-state index contributed by atoms with van der Waals surface area (Å²) < 4.78 is 0. The molecule has 0 saturated carbocycles. The molecule has 1 atom stereocenters. The number of nitrogens with zero attached hydrogens (tertiary/aromatic N) is 2. The topological polar surface area (TPSA) is 23.6 Å². The third-order valence-electron chi connectivity index (χ3n) is 4.25. The van der Waals surface area contributed by atoms with Crippen molar-refractivity contribution >= 4 is 6.03 Å². The summed E-state index contributed by atoms with van der Waals surface area (Å²) in [5.41, 5.74) is 5.17. The summed E-state index contributed by atoms with van der Waals surface area (Å²) in [6, 6.07) is 5.03. The minimum absolute atomic E-state index is 0.137. The van der Waals surface area contributed by atoms with E-state index in [0.717, 1.165) is 6.54 Å². The van der Waals surface area contributed by atoms with Crippen molar-refractivity contribution in [2.45, 2.75) is 46.7 Å². The number of likely N-dealkylation sites (N-methyl/N-ethyl adjacent to an activating group) is 1. The SMILES string of the molecule is Cc1cc(C)c(C2CN(C(C)C)C(=O)N2C)cc1C. The van der Waals surface area contributed by atoms with Crippen LogP contribution in [0.4, 0.5) is 4.79 Å². The number of rotatable bonds is 2. The van der Waals surface area contributed by atoms with Crippen molar-refractivity contribution in [3.8, 4) is 0 Å². The molecule has 0 aromatic heterocycles. The van der Waals surface area contributed by atoms with Gasteiger partial charge in [-0.3, -0.25) is 0 Å². The van der Waals surface area contributed by atoms with Crippen LogP contribution >= 0.6 is 0 Å². The number of hydrogen-bond donors (Lipinski definition) is 0.